The molecule has 0 saturated heterocycles. The normalized spacial score (nSPS) is 10.3. The molecular formula is C12H12IN3O2. The molecule has 0 unspecified atom stereocenters. The van der Waals surface area contributed by atoms with Gasteiger partial charge in [0.15, 0.2) is 0 Å². The maximum Gasteiger partial charge on any atom is 0.268 e. The number of nitrogens with zero attached hydrogens (tertiary/aromatic N) is 1. The second-order valence-electron chi connectivity index (χ2n) is 3.64. The first-order valence-electron chi connectivity index (χ1n) is 5.41. The zero-order chi connectivity index (χ0) is 13.0. The van der Waals surface area contributed by atoms with Gasteiger partial charge in [0.05, 0.1) is 6.33 Å². The summed E-state index contributed by atoms with van der Waals surface area (Å²) in [6.45, 7) is 0.619. The topological polar surface area (TPSA) is 81.0 Å². The first-order chi connectivity index (χ1) is 8.70. The molecular weight excluding hydrogens is 345 g/mol. The largest absolute Gasteiger partial charge is 0.438 e. The molecule has 0 aliphatic rings. The van der Waals surface area contributed by atoms with Gasteiger partial charge in [-0.05, 0) is 53.3 Å². The molecule has 0 bridgehead atoms. The van der Waals surface area contributed by atoms with Crippen molar-refractivity contribution in [1.29, 1.82) is 0 Å². The molecule has 18 heavy (non-hydrogen) atoms. The molecule has 0 radical (unpaired) electrons. The third kappa shape index (κ3) is 3.08. The minimum absolute atomic E-state index is 0.208. The molecule has 5 nitrogen and oxygen atoms in total. The highest BCUT2D eigenvalue weighted by Gasteiger charge is 2.07. The van der Waals surface area contributed by atoms with Gasteiger partial charge in [-0.1, -0.05) is 12.1 Å². The van der Waals surface area contributed by atoms with Gasteiger partial charge in [0.2, 0.25) is 5.88 Å². The second kappa shape index (κ2) is 5.96. The average molecular weight is 357 g/mol. The summed E-state index contributed by atoms with van der Waals surface area (Å²) >= 11 is 1.90. The van der Waals surface area contributed by atoms with Gasteiger partial charge in [-0.15, -0.1) is 0 Å². The van der Waals surface area contributed by atoms with E-state index in [0.717, 1.165) is 12.0 Å². The van der Waals surface area contributed by atoms with Gasteiger partial charge in [0.1, 0.15) is 9.32 Å². The Balaban J connectivity index is 2.18. The van der Waals surface area contributed by atoms with Crippen molar-refractivity contribution >= 4 is 22.6 Å². The fourth-order valence-corrected chi connectivity index (χ4v) is 1.85. The smallest absolute Gasteiger partial charge is 0.268 e. The van der Waals surface area contributed by atoms with Crippen LogP contribution in [-0.2, 0) is 6.42 Å². The summed E-state index contributed by atoms with van der Waals surface area (Å²) in [5.74, 6) is 0.956. The highest BCUT2D eigenvalue weighted by molar-refractivity contribution is 14.1. The van der Waals surface area contributed by atoms with E-state index < -0.39 is 0 Å². The fraction of sp³-hybridized carbons (Fsp3) is 0.167. The molecule has 1 aromatic heterocycles. The lowest BCUT2D eigenvalue weighted by molar-refractivity contribution is 0.456. The Morgan fingerprint density at radius 2 is 2.06 bits per heavy atom. The van der Waals surface area contributed by atoms with Gasteiger partial charge >= 0.3 is 0 Å². The van der Waals surface area contributed by atoms with Crippen LogP contribution in [0.25, 0.3) is 0 Å². The minimum Gasteiger partial charge on any atom is -0.438 e. The summed E-state index contributed by atoms with van der Waals surface area (Å²) in [6.07, 6.45) is 2.16. The Bertz CT molecular complexity index is 581. The van der Waals surface area contributed by atoms with E-state index in [1.165, 1.54) is 6.33 Å². The summed E-state index contributed by atoms with van der Waals surface area (Å²) < 4.78 is 5.98. The number of hydrogen-bond acceptors (Lipinski definition) is 4. The SMILES string of the molecule is NCCc1ccc(Oc2nc[nH]c(=O)c2I)cc1. The van der Waals surface area contributed by atoms with Gasteiger partial charge in [-0.3, -0.25) is 4.79 Å². The van der Waals surface area contributed by atoms with E-state index in [2.05, 4.69) is 9.97 Å². The molecule has 3 N–H and O–H groups in total. The number of ether oxygens (including phenoxy) is 1. The van der Waals surface area contributed by atoms with Crippen molar-refractivity contribution in [2.24, 2.45) is 5.73 Å². The third-order valence-electron chi connectivity index (χ3n) is 2.34. The highest BCUT2D eigenvalue weighted by Crippen LogP contribution is 2.22. The van der Waals surface area contributed by atoms with Crippen LogP contribution in [0.4, 0.5) is 0 Å². The van der Waals surface area contributed by atoms with Crippen LogP contribution in [0.15, 0.2) is 35.4 Å². The predicted molar refractivity (Wildman–Crippen MR) is 76.8 cm³/mol. The molecule has 2 rings (SSSR count). The lowest BCUT2D eigenvalue weighted by Crippen LogP contribution is -2.11. The van der Waals surface area contributed by atoms with Crippen molar-refractivity contribution in [3.05, 3.63) is 50.1 Å². The summed E-state index contributed by atoms with van der Waals surface area (Å²) in [4.78, 5) is 17.8. The molecule has 1 heterocycles. The quantitative estimate of drug-likeness (QED) is 0.816. The number of hydrogen-bond donors (Lipinski definition) is 2. The Kier molecular flexibility index (Phi) is 4.32. The van der Waals surface area contributed by atoms with Crippen LogP contribution < -0.4 is 16.0 Å². The Hall–Kier alpha value is -1.41. The molecule has 1 aromatic carbocycles. The van der Waals surface area contributed by atoms with Gasteiger partial charge in [-0.25, -0.2) is 4.98 Å². The van der Waals surface area contributed by atoms with E-state index in [-0.39, 0.29) is 5.56 Å². The standard InChI is InChI=1S/C12H12IN3O2/c13-10-11(17)15-7-16-12(10)18-9-3-1-8(2-4-9)5-6-14/h1-4,7H,5-6,14H2,(H,15,16,17). The lowest BCUT2D eigenvalue weighted by atomic mass is 10.1. The zero-order valence-corrected chi connectivity index (χ0v) is 11.7. The molecule has 0 fully saturated rings. The molecule has 94 valence electrons. The number of aromatic nitrogens is 2. The maximum atomic E-state index is 11.4. The van der Waals surface area contributed by atoms with Crippen LogP contribution >= 0.6 is 22.6 Å². The number of H-pyrrole nitrogens is 1. The summed E-state index contributed by atoms with van der Waals surface area (Å²) in [6, 6.07) is 7.57. The van der Waals surface area contributed by atoms with Crippen molar-refractivity contribution in [2.75, 3.05) is 6.54 Å². The highest BCUT2D eigenvalue weighted by atomic mass is 127. The molecule has 6 heteroatoms. The van der Waals surface area contributed by atoms with E-state index in [1.54, 1.807) is 0 Å². The number of nitrogens with one attached hydrogen (secondary N) is 1. The zero-order valence-electron chi connectivity index (χ0n) is 9.52. The Morgan fingerprint density at radius 3 is 2.72 bits per heavy atom. The van der Waals surface area contributed by atoms with Crippen LogP contribution in [-0.4, -0.2) is 16.5 Å². The van der Waals surface area contributed by atoms with Gasteiger partial charge < -0.3 is 15.5 Å². The maximum absolute atomic E-state index is 11.4. The summed E-state index contributed by atoms with van der Waals surface area (Å²) in [5.41, 5.74) is 6.42. The molecule has 0 saturated carbocycles. The summed E-state index contributed by atoms with van der Waals surface area (Å²) in [5, 5.41) is 0. The summed E-state index contributed by atoms with van der Waals surface area (Å²) in [7, 11) is 0. The lowest BCUT2D eigenvalue weighted by Gasteiger charge is -2.06. The third-order valence-corrected chi connectivity index (χ3v) is 3.29. The van der Waals surface area contributed by atoms with Crippen molar-refractivity contribution in [3.8, 4) is 11.6 Å². The van der Waals surface area contributed by atoms with Gasteiger partial charge in [0.25, 0.3) is 5.56 Å². The van der Waals surface area contributed by atoms with Crippen molar-refractivity contribution < 1.29 is 4.74 Å². The van der Waals surface area contributed by atoms with Crippen molar-refractivity contribution in [2.45, 2.75) is 6.42 Å². The van der Waals surface area contributed by atoms with Crippen molar-refractivity contribution in [1.82, 2.24) is 9.97 Å². The Morgan fingerprint density at radius 1 is 1.33 bits per heavy atom. The van der Waals surface area contributed by atoms with Crippen LogP contribution in [0.3, 0.4) is 0 Å². The van der Waals surface area contributed by atoms with E-state index in [1.807, 2.05) is 46.9 Å². The van der Waals surface area contributed by atoms with E-state index >= 15 is 0 Å². The van der Waals surface area contributed by atoms with Crippen LogP contribution in [0, 0.1) is 3.57 Å². The molecule has 0 aliphatic carbocycles. The number of halogens is 1. The van der Waals surface area contributed by atoms with Crippen molar-refractivity contribution in [3.63, 3.8) is 0 Å². The molecule has 0 amide bonds. The molecule has 2 aromatic rings. The van der Waals surface area contributed by atoms with E-state index in [0.29, 0.717) is 21.7 Å². The molecule has 0 aliphatic heterocycles. The minimum atomic E-state index is -0.208. The number of rotatable bonds is 4. The van der Waals surface area contributed by atoms with Crippen LogP contribution in [0.5, 0.6) is 11.6 Å². The second-order valence-corrected chi connectivity index (χ2v) is 4.71. The van der Waals surface area contributed by atoms with Crippen LogP contribution in [0.2, 0.25) is 0 Å². The number of nitrogens with two attached hydrogens (primary N) is 1. The van der Waals surface area contributed by atoms with Gasteiger partial charge in [0, 0.05) is 0 Å². The predicted octanol–water partition coefficient (Wildman–Crippen LogP) is 1.67. The van der Waals surface area contributed by atoms with E-state index in [9.17, 15) is 4.79 Å². The fourth-order valence-electron chi connectivity index (χ4n) is 1.44. The van der Waals surface area contributed by atoms with Crippen LogP contribution in [0.1, 0.15) is 5.56 Å². The van der Waals surface area contributed by atoms with E-state index in [4.69, 9.17) is 10.5 Å². The van der Waals surface area contributed by atoms with Gasteiger partial charge in [-0.2, -0.15) is 0 Å². The number of benzene rings is 1. The monoisotopic (exact) mass is 357 g/mol. The Labute approximate surface area is 118 Å². The molecule has 0 spiro atoms. The first-order valence-corrected chi connectivity index (χ1v) is 6.48. The molecule has 0 atom stereocenters. The average Bonchev–Trinajstić information content (AvgIpc) is 2.38. The number of aromatic amines is 1. The first kappa shape index (κ1) is 13.0.